The number of hydrazone groups is 1. The lowest BCUT2D eigenvalue weighted by Crippen LogP contribution is -2.20. The maximum absolute atomic E-state index is 12.4. The number of phenolic OH excluding ortho intramolecular Hbond substituents is 1. The lowest BCUT2D eigenvalue weighted by Gasteiger charge is -2.10. The molecule has 0 atom stereocenters. The number of amides is 1. The number of thioether (sulfide) groups is 1. The Hall–Kier alpha value is -4.11. The predicted molar refractivity (Wildman–Crippen MR) is 133 cm³/mol. The van der Waals surface area contributed by atoms with E-state index in [1.54, 1.807) is 12.1 Å². The topological polar surface area (TPSA) is 102 Å². The molecule has 2 N–H and O–H groups in total. The Labute approximate surface area is 201 Å². The first-order valence-corrected chi connectivity index (χ1v) is 11.6. The molecule has 1 heterocycles. The molecule has 34 heavy (non-hydrogen) atoms. The van der Waals surface area contributed by atoms with Crippen LogP contribution in [-0.4, -0.2) is 44.4 Å². The van der Waals surface area contributed by atoms with E-state index in [2.05, 4.69) is 20.7 Å². The second-order valence-electron chi connectivity index (χ2n) is 7.09. The molecule has 0 fully saturated rings. The lowest BCUT2D eigenvalue weighted by molar-refractivity contribution is -0.118. The Morgan fingerprint density at radius 3 is 2.53 bits per heavy atom. The van der Waals surface area contributed by atoms with Crippen LogP contribution in [0.15, 0.2) is 89.1 Å². The number of rotatable bonds is 9. The Morgan fingerprint density at radius 1 is 1.09 bits per heavy atom. The van der Waals surface area contributed by atoms with Crippen LogP contribution < -0.4 is 10.2 Å². The summed E-state index contributed by atoms with van der Waals surface area (Å²) in [4.78, 5) is 12.4. The second kappa shape index (κ2) is 11.2. The van der Waals surface area contributed by atoms with Gasteiger partial charge >= 0.3 is 0 Å². The molecule has 0 spiro atoms. The highest BCUT2D eigenvalue weighted by atomic mass is 32.2. The third-order valence-electron chi connectivity index (χ3n) is 4.70. The largest absolute Gasteiger partial charge is 0.504 e. The van der Waals surface area contributed by atoms with E-state index in [1.165, 1.54) is 24.0 Å². The minimum Gasteiger partial charge on any atom is -0.504 e. The molecular formula is C25H23N5O3S. The zero-order valence-corrected chi connectivity index (χ0v) is 19.3. The Bertz CT molecular complexity index is 1280. The number of nitrogens with one attached hydrogen (secondary N) is 1. The van der Waals surface area contributed by atoms with Gasteiger partial charge in [0.1, 0.15) is 0 Å². The summed E-state index contributed by atoms with van der Waals surface area (Å²) in [6.45, 7) is 2.30. The molecule has 3 aromatic carbocycles. The van der Waals surface area contributed by atoms with E-state index < -0.39 is 0 Å². The molecule has 0 saturated carbocycles. The van der Waals surface area contributed by atoms with E-state index in [1.807, 2.05) is 72.2 Å². The van der Waals surface area contributed by atoms with Crippen LogP contribution in [0.3, 0.4) is 0 Å². The summed E-state index contributed by atoms with van der Waals surface area (Å²) in [6.07, 6.45) is 1.46. The summed E-state index contributed by atoms with van der Waals surface area (Å²) in [5, 5.41) is 23.2. The molecule has 0 saturated heterocycles. The number of para-hydroxylation sites is 1. The van der Waals surface area contributed by atoms with E-state index in [9.17, 15) is 9.90 Å². The standard InChI is InChI=1S/C25H23N5O3S/c1-2-33-22-14-13-18(15-21(22)31)16-26-27-23(32)17-34-25-29-28-24(19-9-5-3-6-10-19)30(25)20-11-7-4-8-12-20/h3-16,31H,2,17H2,1H3,(H,27,32)/b26-16-. The van der Waals surface area contributed by atoms with Gasteiger partial charge in [-0.15, -0.1) is 10.2 Å². The monoisotopic (exact) mass is 473 g/mol. The molecule has 0 bridgehead atoms. The fourth-order valence-electron chi connectivity index (χ4n) is 3.18. The number of carbonyl (C=O) groups is 1. The van der Waals surface area contributed by atoms with E-state index in [-0.39, 0.29) is 17.4 Å². The predicted octanol–water partition coefficient (Wildman–Crippen LogP) is 4.28. The Kier molecular flexibility index (Phi) is 7.56. The van der Waals surface area contributed by atoms with Crippen LogP contribution in [0.25, 0.3) is 17.1 Å². The molecule has 1 aromatic heterocycles. The first-order chi connectivity index (χ1) is 16.7. The van der Waals surface area contributed by atoms with E-state index in [0.717, 1.165) is 11.3 Å². The number of benzene rings is 3. The normalized spacial score (nSPS) is 11.0. The molecule has 1 amide bonds. The van der Waals surface area contributed by atoms with Crippen LogP contribution >= 0.6 is 11.8 Å². The molecule has 0 radical (unpaired) electrons. The summed E-state index contributed by atoms with van der Waals surface area (Å²) in [6, 6.07) is 24.5. The molecule has 4 aromatic rings. The van der Waals surface area contributed by atoms with E-state index in [0.29, 0.717) is 28.9 Å². The van der Waals surface area contributed by atoms with Gasteiger partial charge in [-0.05, 0) is 42.8 Å². The molecule has 0 aliphatic carbocycles. The molecule has 0 aliphatic rings. The zero-order valence-electron chi connectivity index (χ0n) is 18.5. The molecule has 9 heteroatoms. The van der Waals surface area contributed by atoms with Gasteiger partial charge in [0.05, 0.1) is 18.6 Å². The number of phenols is 1. The minimum atomic E-state index is -0.291. The highest BCUT2D eigenvalue weighted by Gasteiger charge is 2.17. The molecule has 4 rings (SSSR count). The van der Waals surface area contributed by atoms with Crippen LogP contribution in [0.4, 0.5) is 0 Å². The van der Waals surface area contributed by atoms with E-state index >= 15 is 0 Å². The van der Waals surface area contributed by atoms with Crippen molar-refractivity contribution in [2.45, 2.75) is 12.1 Å². The van der Waals surface area contributed by atoms with Gasteiger partial charge in [-0.2, -0.15) is 5.10 Å². The van der Waals surface area contributed by atoms with Crippen LogP contribution in [0.5, 0.6) is 11.5 Å². The number of aromatic nitrogens is 3. The Morgan fingerprint density at radius 2 is 1.82 bits per heavy atom. The van der Waals surface area contributed by atoms with Crippen molar-refractivity contribution in [3.05, 3.63) is 84.4 Å². The number of hydrogen-bond donors (Lipinski definition) is 2. The average Bonchev–Trinajstić information content (AvgIpc) is 3.29. The van der Waals surface area contributed by atoms with Crippen molar-refractivity contribution < 1.29 is 14.6 Å². The summed E-state index contributed by atoms with van der Waals surface area (Å²) >= 11 is 1.27. The van der Waals surface area contributed by atoms with Gasteiger partial charge in [0.15, 0.2) is 22.5 Å². The van der Waals surface area contributed by atoms with Crippen molar-refractivity contribution in [1.82, 2.24) is 20.2 Å². The van der Waals surface area contributed by atoms with Crippen molar-refractivity contribution in [2.75, 3.05) is 12.4 Å². The number of carbonyl (C=O) groups excluding carboxylic acids is 1. The van der Waals surface area contributed by atoms with Gasteiger partial charge in [0.25, 0.3) is 5.91 Å². The van der Waals surface area contributed by atoms with Crippen molar-refractivity contribution in [3.63, 3.8) is 0 Å². The summed E-state index contributed by atoms with van der Waals surface area (Å²) < 4.78 is 7.23. The van der Waals surface area contributed by atoms with Gasteiger partial charge in [-0.1, -0.05) is 60.3 Å². The third kappa shape index (κ3) is 5.62. The molecular weight excluding hydrogens is 450 g/mol. The third-order valence-corrected chi connectivity index (χ3v) is 5.63. The summed E-state index contributed by atoms with van der Waals surface area (Å²) in [5.41, 5.74) is 4.96. The van der Waals surface area contributed by atoms with Crippen LogP contribution in [0, 0.1) is 0 Å². The highest BCUT2D eigenvalue weighted by molar-refractivity contribution is 7.99. The first kappa shape index (κ1) is 23.1. The summed E-state index contributed by atoms with van der Waals surface area (Å²) in [7, 11) is 0. The Balaban J connectivity index is 1.43. The fraction of sp³-hybridized carbons (Fsp3) is 0.120. The zero-order chi connectivity index (χ0) is 23.8. The fourth-order valence-corrected chi connectivity index (χ4v) is 3.93. The van der Waals surface area contributed by atoms with Gasteiger partial charge in [-0.3, -0.25) is 9.36 Å². The van der Waals surface area contributed by atoms with Crippen LogP contribution in [0.1, 0.15) is 12.5 Å². The highest BCUT2D eigenvalue weighted by Crippen LogP contribution is 2.28. The lowest BCUT2D eigenvalue weighted by atomic mass is 10.2. The number of ether oxygens (including phenoxy) is 1. The van der Waals surface area contributed by atoms with Crippen molar-refractivity contribution in [1.29, 1.82) is 0 Å². The molecule has 8 nitrogen and oxygen atoms in total. The minimum absolute atomic E-state index is 0.0159. The van der Waals surface area contributed by atoms with Gasteiger partial charge < -0.3 is 9.84 Å². The van der Waals surface area contributed by atoms with Crippen LogP contribution in [0.2, 0.25) is 0 Å². The molecule has 0 aliphatic heterocycles. The second-order valence-corrected chi connectivity index (χ2v) is 8.03. The van der Waals surface area contributed by atoms with Gasteiger partial charge in [-0.25, -0.2) is 5.43 Å². The van der Waals surface area contributed by atoms with Gasteiger partial charge in [0, 0.05) is 11.3 Å². The SMILES string of the molecule is CCOc1ccc(/C=N\NC(=O)CSc2nnc(-c3ccccc3)n2-c2ccccc2)cc1O. The van der Waals surface area contributed by atoms with Crippen molar-refractivity contribution >= 4 is 23.9 Å². The number of nitrogens with zero attached hydrogens (tertiary/aromatic N) is 4. The number of aromatic hydroxyl groups is 1. The van der Waals surface area contributed by atoms with Crippen LogP contribution in [-0.2, 0) is 4.79 Å². The number of hydrogen-bond acceptors (Lipinski definition) is 7. The maximum Gasteiger partial charge on any atom is 0.250 e. The smallest absolute Gasteiger partial charge is 0.250 e. The maximum atomic E-state index is 12.4. The average molecular weight is 474 g/mol. The van der Waals surface area contributed by atoms with Crippen molar-refractivity contribution in [2.24, 2.45) is 5.10 Å². The first-order valence-electron chi connectivity index (χ1n) is 10.6. The molecule has 172 valence electrons. The van der Waals surface area contributed by atoms with E-state index in [4.69, 9.17) is 4.74 Å². The van der Waals surface area contributed by atoms with Gasteiger partial charge in [0.2, 0.25) is 0 Å². The van der Waals surface area contributed by atoms with Crippen molar-refractivity contribution in [3.8, 4) is 28.6 Å². The summed E-state index contributed by atoms with van der Waals surface area (Å²) in [5.74, 6) is 0.925. The molecule has 0 unspecified atom stereocenters. The quantitative estimate of drug-likeness (QED) is 0.214.